The maximum absolute atomic E-state index is 5.82. The lowest BCUT2D eigenvalue weighted by atomic mass is 10.0. The summed E-state index contributed by atoms with van der Waals surface area (Å²) < 4.78 is 11.3. The van der Waals surface area contributed by atoms with Crippen molar-refractivity contribution in [2.24, 2.45) is 0 Å². The van der Waals surface area contributed by atoms with Gasteiger partial charge in [-0.3, -0.25) is 0 Å². The molecule has 2 heterocycles. The van der Waals surface area contributed by atoms with Gasteiger partial charge in [0.2, 0.25) is 0 Å². The highest BCUT2D eigenvalue weighted by Gasteiger charge is 2.16. The second-order valence-corrected chi connectivity index (χ2v) is 5.16. The van der Waals surface area contributed by atoms with E-state index in [0.29, 0.717) is 18.4 Å². The van der Waals surface area contributed by atoms with Gasteiger partial charge in [0.15, 0.2) is 11.5 Å². The Hall–Kier alpha value is -2.01. The van der Waals surface area contributed by atoms with Gasteiger partial charge in [-0.1, -0.05) is 17.7 Å². The molecule has 6 heteroatoms. The molecule has 1 aromatic heterocycles. The Bertz CT molecular complexity index is 649. The van der Waals surface area contributed by atoms with Gasteiger partial charge in [0.05, 0.1) is 0 Å². The van der Waals surface area contributed by atoms with Gasteiger partial charge in [-0.05, 0) is 30.5 Å². The lowest BCUT2D eigenvalue weighted by Gasteiger charge is -2.21. The summed E-state index contributed by atoms with van der Waals surface area (Å²) in [5, 5.41) is 3.67. The first-order valence-electron chi connectivity index (χ1n) is 6.83. The molecule has 0 spiro atoms. The van der Waals surface area contributed by atoms with E-state index in [9.17, 15) is 0 Å². The van der Waals surface area contributed by atoms with Gasteiger partial charge in [-0.15, -0.1) is 0 Å². The molecular weight excluding hydrogens is 290 g/mol. The predicted octanol–water partition coefficient (Wildman–Crippen LogP) is 2.86. The van der Waals surface area contributed by atoms with E-state index in [1.807, 2.05) is 6.07 Å². The van der Waals surface area contributed by atoms with Crippen LogP contribution in [0.4, 0.5) is 5.82 Å². The fraction of sp³-hybridized carbons (Fsp3) is 0.333. The van der Waals surface area contributed by atoms with Crippen molar-refractivity contribution in [2.75, 3.05) is 25.1 Å². The molecule has 5 nitrogen and oxygen atoms in total. The smallest absolute Gasteiger partial charge is 0.164 e. The standard InChI is InChI=1S/C15H16ClN3O2/c1-10-11(2-3-12-15(10)21-7-6-20-12)4-5-17-14-8-13(16)18-9-19-14/h2-3,8-9H,4-7H2,1H3,(H,17,18,19). The number of ether oxygens (including phenoxy) is 2. The summed E-state index contributed by atoms with van der Waals surface area (Å²) in [6.07, 6.45) is 2.31. The van der Waals surface area contributed by atoms with Crippen molar-refractivity contribution in [2.45, 2.75) is 13.3 Å². The number of aromatic nitrogens is 2. The minimum atomic E-state index is 0.433. The zero-order chi connectivity index (χ0) is 14.7. The minimum absolute atomic E-state index is 0.433. The molecule has 0 aliphatic carbocycles. The third kappa shape index (κ3) is 3.19. The van der Waals surface area contributed by atoms with Crippen LogP contribution in [0.1, 0.15) is 11.1 Å². The van der Waals surface area contributed by atoms with Crippen LogP contribution < -0.4 is 14.8 Å². The van der Waals surface area contributed by atoms with Gasteiger partial charge in [0, 0.05) is 12.6 Å². The Morgan fingerprint density at radius 3 is 2.95 bits per heavy atom. The Kier molecular flexibility index (Phi) is 4.10. The fourth-order valence-corrected chi connectivity index (χ4v) is 2.47. The quantitative estimate of drug-likeness (QED) is 0.880. The van der Waals surface area contributed by atoms with E-state index in [2.05, 4.69) is 28.3 Å². The van der Waals surface area contributed by atoms with Crippen LogP contribution in [0.15, 0.2) is 24.5 Å². The molecule has 0 bridgehead atoms. The molecule has 0 radical (unpaired) electrons. The molecule has 1 aliphatic heterocycles. The fourth-order valence-electron chi connectivity index (χ4n) is 2.32. The number of fused-ring (bicyclic) bond motifs is 1. The summed E-state index contributed by atoms with van der Waals surface area (Å²) in [6.45, 7) is 4.04. The Morgan fingerprint density at radius 1 is 1.24 bits per heavy atom. The van der Waals surface area contributed by atoms with Crippen molar-refractivity contribution in [3.63, 3.8) is 0 Å². The van der Waals surface area contributed by atoms with E-state index in [0.717, 1.165) is 35.8 Å². The minimum Gasteiger partial charge on any atom is -0.486 e. The molecule has 0 amide bonds. The van der Waals surface area contributed by atoms with Crippen LogP contribution >= 0.6 is 11.6 Å². The summed E-state index contributed by atoms with van der Waals surface area (Å²) in [5.41, 5.74) is 2.36. The molecule has 110 valence electrons. The summed E-state index contributed by atoms with van der Waals surface area (Å²) in [4.78, 5) is 7.96. The van der Waals surface area contributed by atoms with Crippen LogP contribution in [0.3, 0.4) is 0 Å². The number of hydrogen-bond donors (Lipinski definition) is 1. The molecule has 1 N–H and O–H groups in total. The maximum atomic E-state index is 5.82. The second-order valence-electron chi connectivity index (χ2n) is 4.78. The average molecular weight is 306 g/mol. The molecule has 21 heavy (non-hydrogen) atoms. The third-order valence-corrected chi connectivity index (χ3v) is 3.61. The lowest BCUT2D eigenvalue weighted by molar-refractivity contribution is 0.170. The Labute approximate surface area is 128 Å². The maximum Gasteiger partial charge on any atom is 0.164 e. The number of hydrogen-bond acceptors (Lipinski definition) is 5. The SMILES string of the molecule is Cc1c(CCNc2cc(Cl)ncn2)ccc2c1OCCO2. The number of nitrogens with zero attached hydrogens (tertiary/aromatic N) is 2. The van der Waals surface area contributed by atoms with Crippen LogP contribution in [0.25, 0.3) is 0 Å². The van der Waals surface area contributed by atoms with Crippen molar-refractivity contribution < 1.29 is 9.47 Å². The predicted molar refractivity (Wildman–Crippen MR) is 81.4 cm³/mol. The Morgan fingerprint density at radius 2 is 2.10 bits per heavy atom. The zero-order valence-electron chi connectivity index (χ0n) is 11.7. The second kappa shape index (κ2) is 6.18. The van der Waals surface area contributed by atoms with E-state index >= 15 is 0 Å². The number of nitrogens with one attached hydrogen (secondary N) is 1. The molecule has 0 fully saturated rings. The highest BCUT2D eigenvalue weighted by molar-refractivity contribution is 6.29. The van der Waals surface area contributed by atoms with Gasteiger partial charge in [0.25, 0.3) is 0 Å². The van der Waals surface area contributed by atoms with E-state index in [1.165, 1.54) is 11.9 Å². The van der Waals surface area contributed by atoms with Crippen LogP contribution in [0, 0.1) is 6.92 Å². The topological polar surface area (TPSA) is 56.3 Å². The third-order valence-electron chi connectivity index (χ3n) is 3.40. The molecule has 0 saturated heterocycles. The number of rotatable bonds is 4. The highest BCUT2D eigenvalue weighted by Crippen LogP contribution is 2.35. The van der Waals surface area contributed by atoms with Crippen molar-refractivity contribution in [1.82, 2.24) is 9.97 Å². The number of halogens is 1. The number of anilines is 1. The summed E-state index contributed by atoms with van der Waals surface area (Å²) in [5.74, 6) is 2.42. The van der Waals surface area contributed by atoms with E-state index < -0.39 is 0 Å². The highest BCUT2D eigenvalue weighted by atomic mass is 35.5. The molecule has 0 saturated carbocycles. The van der Waals surface area contributed by atoms with Gasteiger partial charge < -0.3 is 14.8 Å². The zero-order valence-corrected chi connectivity index (χ0v) is 12.5. The summed E-state index contributed by atoms with van der Waals surface area (Å²) in [7, 11) is 0. The van der Waals surface area contributed by atoms with Crippen molar-refractivity contribution in [3.05, 3.63) is 40.8 Å². The molecule has 0 atom stereocenters. The molecule has 2 aromatic rings. The first-order valence-corrected chi connectivity index (χ1v) is 7.21. The van der Waals surface area contributed by atoms with Crippen LogP contribution in [0.2, 0.25) is 5.15 Å². The largest absolute Gasteiger partial charge is 0.486 e. The normalized spacial score (nSPS) is 13.0. The summed E-state index contributed by atoms with van der Waals surface area (Å²) >= 11 is 5.82. The summed E-state index contributed by atoms with van der Waals surface area (Å²) in [6, 6.07) is 5.76. The van der Waals surface area contributed by atoms with Crippen molar-refractivity contribution in [1.29, 1.82) is 0 Å². The first kappa shape index (κ1) is 13.9. The lowest BCUT2D eigenvalue weighted by Crippen LogP contribution is -2.17. The molecular formula is C15H16ClN3O2. The molecule has 0 unspecified atom stereocenters. The first-order chi connectivity index (χ1) is 10.2. The van der Waals surface area contributed by atoms with Crippen molar-refractivity contribution in [3.8, 4) is 11.5 Å². The van der Waals surface area contributed by atoms with Gasteiger partial charge in [-0.25, -0.2) is 9.97 Å². The van der Waals surface area contributed by atoms with Crippen LogP contribution in [-0.4, -0.2) is 29.7 Å². The van der Waals surface area contributed by atoms with Crippen molar-refractivity contribution >= 4 is 17.4 Å². The molecule has 1 aliphatic rings. The van der Waals surface area contributed by atoms with E-state index in [1.54, 1.807) is 6.07 Å². The van der Waals surface area contributed by atoms with E-state index in [-0.39, 0.29) is 0 Å². The monoisotopic (exact) mass is 305 g/mol. The molecule has 1 aromatic carbocycles. The Balaban J connectivity index is 1.65. The van der Waals surface area contributed by atoms with Gasteiger partial charge in [-0.2, -0.15) is 0 Å². The van der Waals surface area contributed by atoms with Crippen LogP contribution in [-0.2, 0) is 6.42 Å². The van der Waals surface area contributed by atoms with Crippen LogP contribution in [0.5, 0.6) is 11.5 Å². The average Bonchev–Trinajstić information content (AvgIpc) is 2.50. The number of benzene rings is 1. The molecule has 3 rings (SSSR count). The van der Waals surface area contributed by atoms with E-state index in [4.69, 9.17) is 21.1 Å². The van der Waals surface area contributed by atoms with Gasteiger partial charge in [0.1, 0.15) is 30.5 Å². The van der Waals surface area contributed by atoms with Gasteiger partial charge >= 0.3 is 0 Å².